The first-order valence-corrected chi connectivity index (χ1v) is 5.88. The molecule has 0 spiro atoms. The van der Waals surface area contributed by atoms with Gasteiger partial charge >= 0.3 is 0 Å². The number of ether oxygens (including phenoxy) is 1. The van der Waals surface area contributed by atoms with Gasteiger partial charge < -0.3 is 10.5 Å². The van der Waals surface area contributed by atoms with Crippen LogP contribution < -0.4 is 10.5 Å². The van der Waals surface area contributed by atoms with E-state index in [1.54, 1.807) is 24.3 Å². The topological polar surface area (TPSA) is 35.2 Å². The monoisotopic (exact) mass is 281 g/mol. The van der Waals surface area contributed by atoms with E-state index in [0.29, 0.717) is 17.1 Å². The van der Waals surface area contributed by atoms with Crippen molar-refractivity contribution in [2.24, 2.45) is 5.73 Å². The van der Waals surface area contributed by atoms with Crippen molar-refractivity contribution >= 4 is 28.8 Å². The van der Waals surface area contributed by atoms with Gasteiger partial charge in [0.05, 0.1) is 10.6 Å². The Hall–Kier alpha value is -1.65. The summed E-state index contributed by atoms with van der Waals surface area (Å²) in [5, 5.41) is 0.000283. The van der Waals surface area contributed by atoms with Gasteiger partial charge in [0.1, 0.15) is 22.3 Å². The van der Waals surface area contributed by atoms with Crippen molar-refractivity contribution in [1.29, 1.82) is 0 Å². The summed E-state index contributed by atoms with van der Waals surface area (Å²) in [4.78, 5) is 0.235. The van der Waals surface area contributed by atoms with Gasteiger partial charge in [-0.25, -0.2) is 4.39 Å². The third kappa shape index (κ3) is 2.78. The lowest BCUT2D eigenvalue weighted by Gasteiger charge is -2.10. The normalized spacial score (nSPS) is 10.1. The standard InChI is InChI=1S/C13H9ClFNOS/c14-10-7-8(5-6-11(10)15)17-12-4-2-1-3-9(12)13(16)18/h1-7H,(H2,16,18). The number of nitrogens with two attached hydrogens (primary N) is 1. The van der Waals surface area contributed by atoms with Crippen molar-refractivity contribution in [1.82, 2.24) is 0 Å². The van der Waals surface area contributed by atoms with Gasteiger partial charge in [-0.2, -0.15) is 0 Å². The fraction of sp³-hybridized carbons (Fsp3) is 0. The first kappa shape index (κ1) is 12.8. The molecule has 0 saturated heterocycles. The van der Waals surface area contributed by atoms with Gasteiger partial charge in [-0.3, -0.25) is 0 Å². The summed E-state index contributed by atoms with van der Waals surface area (Å²) in [6.07, 6.45) is 0. The Bertz CT molecular complexity index is 603. The van der Waals surface area contributed by atoms with Crippen LogP contribution in [0.4, 0.5) is 4.39 Å². The number of hydrogen-bond acceptors (Lipinski definition) is 2. The number of hydrogen-bond donors (Lipinski definition) is 1. The van der Waals surface area contributed by atoms with Gasteiger partial charge in [0.2, 0.25) is 0 Å². The van der Waals surface area contributed by atoms with Gasteiger partial charge in [-0.15, -0.1) is 0 Å². The molecule has 0 aromatic heterocycles. The summed E-state index contributed by atoms with van der Waals surface area (Å²) in [7, 11) is 0. The van der Waals surface area contributed by atoms with Crippen LogP contribution in [0.25, 0.3) is 0 Å². The summed E-state index contributed by atoms with van der Waals surface area (Å²) in [5.41, 5.74) is 6.21. The third-order valence-electron chi connectivity index (χ3n) is 2.27. The molecule has 2 rings (SSSR count). The minimum atomic E-state index is -0.494. The first-order valence-electron chi connectivity index (χ1n) is 5.09. The van der Waals surface area contributed by atoms with Gasteiger partial charge in [-0.1, -0.05) is 36.0 Å². The zero-order valence-electron chi connectivity index (χ0n) is 9.19. The molecule has 92 valence electrons. The summed E-state index contributed by atoms with van der Waals surface area (Å²) < 4.78 is 18.6. The molecule has 0 heterocycles. The minimum absolute atomic E-state index is 0.000283. The van der Waals surface area contributed by atoms with E-state index in [-0.39, 0.29) is 10.0 Å². The van der Waals surface area contributed by atoms with E-state index in [2.05, 4.69) is 0 Å². The van der Waals surface area contributed by atoms with Crippen LogP contribution in [-0.4, -0.2) is 4.99 Å². The second-order valence-electron chi connectivity index (χ2n) is 3.54. The second kappa shape index (κ2) is 5.33. The minimum Gasteiger partial charge on any atom is -0.457 e. The van der Waals surface area contributed by atoms with Crippen LogP contribution >= 0.6 is 23.8 Å². The zero-order valence-corrected chi connectivity index (χ0v) is 10.8. The number of para-hydroxylation sites is 1. The predicted octanol–water partition coefficient (Wildman–Crippen LogP) is 3.91. The summed E-state index contributed by atoms with van der Waals surface area (Å²) >= 11 is 10.6. The van der Waals surface area contributed by atoms with Crippen LogP contribution in [0.5, 0.6) is 11.5 Å². The van der Waals surface area contributed by atoms with Gasteiger partial charge in [0.25, 0.3) is 0 Å². The predicted molar refractivity (Wildman–Crippen MR) is 73.8 cm³/mol. The lowest BCUT2D eigenvalue weighted by molar-refractivity contribution is 0.480. The van der Waals surface area contributed by atoms with Crippen LogP contribution in [0.2, 0.25) is 5.02 Å². The maximum Gasteiger partial charge on any atom is 0.142 e. The zero-order chi connectivity index (χ0) is 13.1. The van der Waals surface area contributed by atoms with Crippen molar-refractivity contribution in [2.75, 3.05) is 0 Å². The van der Waals surface area contributed by atoms with Gasteiger partial charge in [0, 0.05) is 6.07 Å². The highest BCUT2D eigenvalue weighted by molar-refractivity contribution is 7.80. The molecule has 5 heteroatoms. The number of benzene rings is 2. The van der Waals surface area contributed by atoms with Crippen molar-refractivity contribution in [3.63, 3.8) is 0 Å². The molecule has 0 unspecified atom stereocenters. The Kier molecular flexibility index (Phi) is 3.79. The molecule has 2 nitrogen and oxygen atoms in total. The molecule has 0 bridgehead atoms. The maximum atomic E-state index is 13.0. The quantitative estimate of drug-likeness (QED) is 0.867. The summed E-state index contributed by atoms with van der Waals surface area (Å²) in [6, 6.07) is 11.2. The van der Waals surface area contributed by atoms with Crippen molar-refractivity contribution in [3.05, 3.63) is 58.9 Å². The molecule has 2 aromatic rings. The summed E-state index contributed by atoms with van der Waals surface area (Å²) in [5.74, 6) is 0.435. The maximum absolute atomic E-state index is 13.0. The van der Waals surface area contributed by atoms with Crippen LogP contribution in [0, 0.1) is 5.82 Å². The van der Waals surface area contributed by atoms with Crippen LogP contribution in [-0.2, 0) is 0 Å². The van der Waals surface area contributed by atoms with Crippen LogP contribution in [0.15, 0.2) is 42.5 Å². The molecule has 0 atom stereocenters. The molecule has 0 aliphatic heterocycles. The van der Waals surface area contributed by atoms with Crippen molar-refractivity contribution in [2.45, 2.75) is 0 Å². The average Bonchev–Trinajstić information content (AvgIpc) is 2.34. The molecule has 0 radical (unpaired) electrons. The van der Waals surface area contributed by atoms with E-state index in [0.717, 1.165) is 0 Å². The molecule has 0 aliphatic rings. The fourth-order valence-corrected chi connectivity index (χ4v) is 1.77. The van der Waals surface area contributed by atoms with E-state index in [1.807, 2.05) is 0 Å². The Morgan fingerprint density at radius 2 is 1.94 bits per heavy atom. The van der Waals surface area contributed by atoms with Crippen molar-refractivity contribution in [3.8, 4) is 11.5 Å². The summed E-state index contributed by atoms with van der Waals surface area (Å²) in [6.45, 7) is 0. The molecule has 0 fully saturated rings. The molecule has 0 aliphatic carbocycles. The van der Waals surface area contributed by atoms with E-state index in [1.165, 1.54) is 18.2 Å². The molecule has 18 heavy (non-hydrogen) atoms. The SMILES string of the molecule is NC(=S)c1ccccc1Oc1ccc(F)c(Cl)c1. The second-order valence-corrected chi connectivity index (χ2v) is 4.39. The largest absolute Gasteiger partial charge is 0.457 e. The Balaban J connectivity index is 2.34. The van der Waals surface area contributed by atoms with E-state index in [9.17, 15) is 4.39 Å². The smallest absolute Gasteiger partial charge is 0.142 e. The van der Waals surface area contributed by atoms with Gasteiger partial charge in [-0.05, 0) is 24.3 Å². The fourth-order valence-electron chi connectivity index (χ4n) is 1.43. The number of thiocarbonyl (C=S) groups is 1. The molecule has 2 aromatic carbocycles. The third-order valence-corrected chi connectivity index (χ3v) is 2.78. The molecule has 0 amide bonds. The Labute approximate surface area is 114 Å². The molecule has 2 N–H and O–H groups in total. The first-order chi connectivity index (χ1) is 8.58. The lowest BCUT2D eigenvalue weighted by Crippen LogP contribution is -2.10. The number of rotatable bonds is 3. The number of halogens is 2. The average molecular weight is 282 g/mol. The Morgan fingerprint density at radius 1 is 1.22 bits per heavy atom. The van der Waals surface area contributed by atoms with E-state index in [4.69, 9.17) is 34.3 Å². The highest BCUT2D eigenvalue weighted by Crippen LogP contribution is 2.28. The highest BCUT2D eigenvalue weighted by Gasteiger charge is 2.08. The highest BCUT2D eigenvalue weighted by atomic mass is 35.5. The molecular formula is C13H9ClFNOS. The van der Waals surface area contributed by atoms with Crippen LogP contribution in [0.3, 0.4) is 0 Å². The van der Waals surface area contributed by atoms with E-state index >= 15 is 0 Å². The molecular weight excluding hydrogens is 273 g/mol. The van der Waals surface area contributed by atoms with E-state index < -0.39 is 5.82 Å². The molecule has 0 saturated carbocycles. The van der Waals surface area contributed by atoms with Crippen LogP contribution in [0.1, 0.15) is 5.56 Å². The Morgan fingerprint density at radius 3 is 2.61 bits per heavy atom. The lowest BCUT2D eigenvalue weighted by atomic mass is 10.2. The van der Waals surface area contributed by atoms with Crippen molar-refractivity contribution < 1.29 is 9.13 Å². The van der Waals surface area contributed by atoms with Gasteiger partial charge in [0.15, 0.2) is 0 Å².